The summed E-state index contributed by atoms with van der Waals surface area (Å²) in [6.45, 7) is 2.29. The van der Waals surface area contributed by atoms with Crippen molar-refractivity contribution in [3.8, 4) is 17.2 Å². The van der Waals surface area contributed by atoms with Gasteiger partial charge in [0.1, 0.15) is 6.04 Å². The molecular formula is C26H34N2O7S. The number of aromatic hydroxyl groups is 1. The van der Waals surface area contributed by atoms with Crippen LogP contribution in [0.5, 0.6) is 17.2 Å². The van der Waals surface area contributed by atoms with Crippen molar-refractivity contribution in [1.82, 2.24) is 4.31 Å². The van der Waals surface area contributed by atoms with Gasteiger partial charge in [0.25, 0.3) is 0 Å². The molecule has 0 radical (unpaired) electrons. The fourth-order valence-electron chi connectivity index (χ4n) is 4.88. The number of allylic oxidation sites excluding steroid dienone is 6. The maximum atomic E-state index is 13.3. The van der Waals surface area contributed by atoms with E-state index >= 15 is 0 Å². The van der Waals surface area contributed by atoms with E-state index in [4.69, 9.17) is 14.2 Å². The van der Waals surface area contributed by atoms with Gasteiger partial charge in [-0.2, -0.15) is 12.7 Å². The minimum absolute atomic E-state index is 0.0165. The molecule has 1 aromatic carbocycles. The second kappa shape index (κ2) is 11.4. The Labute approximate surface area is 212 Å². The molecule has 1 saturated heterocycles. The number of phenols is 1. The van der Waals surface area contributed by atoms with Crippen LogP contribution >= 0.6 is 0 Å². The summed E-state index contributed by atoms with van der Waals surface area (Å²) < 4.78 is 46.3. The Morgan fingerprint density at radius 3 is 2.69 bits per heavy atom. The molecule has 36 heavy (non-hydrogen) atoms. The van der Waals surface area contributed by atoms with Gasteiger partial charge in [-0.3, -0.25) is 9.52 Å². The van der Waals surface area contributed by atoms with Gasteiger partial charge in [-0.15, -0.1) is 0 Å². The van der Waals surface area contributed by atoms with Crippen LogP contribution < -0.4 is 14.2 Å². The molecule has 0 bridgehead atoms. The summed E-state index contributed by atoms with van der Waals surface area (Å²) in [7, 11) is -2.69. The van der Waals surface area contributed by atoms with E-state index in [2.05, 4.69) is 16.9 Å². The monoisotopic (exact) mass is 518 g/mol. The van der Waals surface area contributed by atoms with E-state index in [9.17, 15) is 18.3 Å². The molecule has 2 fully saturated rings. The van der Waals surface area contributed by atoms with E-state index in [0.717, 1.165) is 32.1 Å². The molecule has 4 rings (SSSR count). The molecule has 0 amide bonds. The average Bonchev–Trinajstić information content (AvgIpc) is 3.10. The van der Waals surface area contributed by atoms with Crippen LogP contribution in [0.4, 0.5) is 5.69 Å². The van der Waals surface area contributed by atoms with Crippen molar-refractivity contribution in [1.29, 1.82) is 0 Å². The van der Waals surface area contributed by atoms with Gasteiger partial charge < -0.3 is 19.3 Å². The lowest BCUT2D eigenvalue weighted by Crippen LogP contribution is -2.73. The Hall–Kier alpha value is -2.98. The second-order valence-electron chi connectivity index (χ2n) is 9.12. The first-order valence-corrected chi connectivity index (χ1v) is 13.8. The number of rotatable bonds is 12. The summed E-state index contributed by atoms with van der Waals surface area (Å²) in [6.07, 6.45) is 15.3. The number of benzene rings is 1. The van der Waals surface area contributed by atoms with E-state index in [0.29, 0.717) is 6.42 Å². The lowest BCUT2D eigenvalue weighted by Gasteiger charge is -2.58. The summed E-state index contributed by atoms with van der Waals surface area (Å²) >= 11 is 0. The molecule has 1 unspecified atom stereocenters. The minimum atomic E-state index is -4.05. The van der Waals surface area contributed by atoms with Crippen molar-refractivity contribution in [2.75, 3.05) is 25.0 Å². The number of methoxy groups -OCH3 is 1. The molecule has 10 heteroatoms. The highest BCUT2D eigenvalue weighted by Gasteiger charge is 2.62. The third kappa shape index (κ3) is 5.54. The van der Waals surface area contributed by atoms with Crippen LogP contribution in [-0.2, 0) is 19.7 Å². The Kier molecular flexibility index (Phi) is 8.25. The van der Waals surface area contributed by atoms with Gasteiger partial charge in [0.15, 0.2) is 11.5 Å². The van der Waals surface area contributed by atoms with Gasteiger partial charge in [0.05, 0.1) is 26.0 Å². The van der Waals surface area contributed by atoms with Crippen LogP contribution in [0, 0.1) is 5.92 Å². The quantitative estimate of drug-likeness (QED) is 0.243. The molecule has 1 heterocycles. The van der Waals surface area contributed by atoms with Gasteiger partial charge in [-0.05, 0) is 45.4 Å². The zero-order valence-electron chi connectivity index (χ0n) is 20.7. The average molecular weight is 519 g/mol. The van der Waals surface area contributed by atoms with Crippen molar-refractivity contribution < 1.29 is 32.5 Å². The van der Waals surface area contributed by atoms with Gasteiger partial charge in [-0.25, -0.2) is 0 Å². The van der Waals surface area contributed by atoms with E-state index in [1.807, 2.05) is 18.2 Å². The van der Waals surface area contributed by atoms with Crippen LogP contribution in [-0.4, -0.2) is 56.2 Å². The van der Waals surface area contributed by atoms with E-state index in [1.54, 1.807) is 6.92 Å². The summed E-state index contributed by atoms with van der Waals surface area (Å²) in [4.78, 5) is 12.9. The molecule has 2 aliphatic carbocycles. The number of carbonyl (C=O) groups excluding carboxylic acids is 1. The smallest absolute Gasteiger partial charge is 0.324 e. The van der Waals surface area contributed by atoms with Crippen molar-refractivity contribution in [2.45, 2.75) is 57.5 Å². The fraction of sp³-hybridized carbons (Fsp3) is 0.500. The molecule has 1 aliphatic heterocycles. The van der Waals surface area contributed by atoms with Crippen LogP contribution in [0.1, 0.15) is 45.4 Å². The number of hydrogen-bond donors (Lipinski definition) is 2. The first-order valence-electron chi connectivity index (χ1n) is 12.4. The van der Waals surface area contributed by atoms with Crippen molar-refractivity contribution in [2.24, 2.45) is 5.92 Å². The summed E-state index contributed by atoms with van der Waals surface area (Å²) in [5.74, 6) is -0.556. The Balaban J connectivity index is 1.35. The molecule has 1 aromatic rings. The molecule has 0 spiro atoms. The largest absolute Gasteiger partial charge is 0.502 e. The van der Waals surface area contributed by atoms with Crippen LogP contribution in [0.15, 0.2) is 48.1 Å². The Morgan fingerprint density at radius 2 is 1.97 bits per heavy atom. The zero-order chi connectivity index (χ0) is 25.7. The van der Waals surface area contributed by atoms with Crippen molar-refractivity contribution in [3.05, 3.63) is 48.1 Å². The normalized spacial score (nSPS) is 22.9. The first kappa shape index (κ1) is 26.1. The number of nitrogens with one attached hydrogen (secondary N) is 1. The summed E-state index contributed by atoms with van der Waals surface area (Å²) in [5.41, 5.74) is 1.50. The molecule has 3 atom stereocenters. The standard InChI is InChI=1S/C26H34N2O7S/c1-3-34-23-17-19(16-22(33-2)25(23)29)27-36(31,32)28-21-14-13-20(21)24(28)26(30)35-15-9-8-12-18-10-6-4-5-7-11-18/h4-7,10,16-17,20-21,24,27,29H,3,8-9,11-15H2,1-2H3/t20?,21-,24-/m0/s1. The number of carbonyl (C=O) groups is 1. The first-order chi connectivity index (χ1) is 17.4. The molecule has 3 aliphatic rings. The number of nitrogens with zero attached hydrogens (tertiary/aromatic N) is 1. The SMILES string of the molecule is CCOc1cc(NS(=O)(=O)N2[C@H](C(=O)OCCCCC3=CC=CC=CC3)C3CC[C@@H]32)cc(OC)c1O. The van der Waals surface area contributed by atoms with Gasteiger partial charge in [0.2, 0.25) is 5.75 Å². The lowest BCUT2D eigenvalue weighted by atomic mass is 9.67. The molecule has 2 N–H and O–H groups in total. The number of piperidine rings is 1. The number of anilines is 1. The van der Waals surface area contributed by atoms with E-state index in [1.165, 1.54) is 29.1 Å². The highest BCUT2D eigenvalue weighted by atomic mass is 32.2. The van der Waals surface area contributed by atoms with Gasteiger partial charge >= 0.3 is 16.2 Å². The highest BCUT2D eigenvalue weighted by molar-refractivity contribution is 7.90. The number of unbranched alkanes of at least 4 members (excludes halogenated alkanes) is 1. The third-order valence-electron chi connectivity index (χ3n) is 6.83. The number of fused-ring (bicyclic) bond motifs is 1. The molecule has 9 nitrogen and oxygen atoms in total. The zero-order valence-corrected chi connectivity index (χ0v) is 21.5. The maximum absolute atomic E-state index is 13.3. The highest BCUT2D eigenvalue weighted by Crippen LogP contribution is 2.49. The Morgan fingerprint density at radius 1 is 1.17 bits per heavy atom. The number of ether oxygens (including phenoxy) is 3. The van der Waals surface area contributed by atoms with Crippen molar-refractivity contribution in [3.63, 3.8) is 0 Å². The van der Waals surface area contributed by atoms with E-state index < -0.39 is 22.2 Å². The lowest BCUT2D eigenvalue weighted by molar-refractivity contribution is -0.167. The van der Waals surface area contributed by atoms with E-state index in [-0.39, 0.29) is 48.1 Å². The topological polar surface area (TPSA) is 114 Å². The third-order valence-corrected chi connectivity index (χ3v) is 8.38. The maximum Gasteiger partial charge on any atom is 0.324 e. The molecular weight excluding hydrogens is 484 g/mol. The number of hydrogen-bond acceptors (Lipinski definition) is 7. The second-order valence-corrected chi connectivity index (χ2v) is 10.7. The van der Waals surface area contributed by atoms with Crippen LogP contribution in [0.25, 0.3) is 0 Å². The Bertz CT molecular complexity index is 1160. The van der Waals surface area contributed by atoms with Crippen LogP contribution in [0.3, 0.4) is 0 Å². The molecule has 196 valence electrons. The van der Waals surface area contributed by atoms with Gasteiger partial charge in [-0.1, -0.05) is 36.0 Å². The summed E-state index contributed by atoms with van der Waals surface area (Å²) in [5, 5.41) is 10.2. The summed E-state index contributed by atoms with van der Waals surface area (Å²) in [6, 6.07) is 1.72. The van der Waals surface area contributed by atoms with Crippen molar-refractivity contribution >= 4 is 21.9 Å². The fourth-order valence-corrected chi connectivity index (χ4v) is 6.56. The predicted octanol–water partition coefficient (Wildman–Crippen LogP) is 4.08. The number of phenolic OH excluding ortho intramolecular Hbond substituents is 1. The van der Waals surface area contributed by atoms with Crippen LogP contribution in [0.2, 0.25) is 0 Å². The van der Waals surface area contributed by atoms with Gasteiger partial charge in [0, 0.05) is 24.1 Å². The molecule has 1 saturated carbocycles. The predicted molar refractivity (Wildman–Crippen MR) is 136 cm³/mol. The molecule has 0 aromatic heterocycles. The number of esters is 1. The minimum Gasteiger partial charge on any atom is -0.502 e.